The highest BCUT2D eigenvalue weighted by Crippen LogP contribution is 2.36. The summed E-state index contributed by atoms with van der Waals surface area (Å²) in [5.74, 6) is 0.0556. The van der Waals surface area contributed by atoms with Crippen molar-refractivity contribution in [1.29, 1.82) is 0 Å². The van der Waals surface area contributed by atoms with Crippen LogP contribution in [0.4, 0.5) is 5.69 Å². The molecule has 0 aromatic heterocycles. The van der Waals surface area contributed by atoms with Crippen LogP contribution in [-0.4, -0.2) is 15.3 Å². The molecule has 0 unspecified atom stereocenters. The molecule has 0 saturated carbocycles. The molecule has 6 heteroatoms. The molecule has 2 aromatic rings. The summed E-state index contributed by atoms with van der Waals surface area (Å²) < 4.78 is 1.40. The number of hydrogen-bond donors (Lipinski definition) is 1. The molecule has 2 aromatic carbocycles. The second-order valence-corrected chi connectivity index (χ2v) is 7.18. The highest BCUT2D eigenvalue weighted by molar-refractivity contribution is 9.10. The van der Waals surface area contributed by atoms with E-state index in [0.29, 0.717) is 9.23 Å². The van der Waals surface area contributed by atoms with Gasteiger partial charge in [-0.15, -0.1) is 0 Å². The zero-order valence-electron chi connectivity index (χ0n) is 11.2. The highest BCUT2D eigenvalue weighted by Gasteiger charge is 2.33. The van der Waals surface area contributed by atoms with Gasteiger partial charge in [0.25, 0.3) is 5.91 Å². The zero-order valence-corrected chi connectivity index (χ0v) is 14.4. The average Bonchev–Trinajstić information content (AvgIpc) is 2.76. The molecule has 1 saturated heterocycles. The lowest BCUT2D eigenvalue weighted by Crippen LogP contribution is -2.27. The molecule has 1 fully saturated rings. The maximum Gasteiger partial charge on any atom is 0.270 e. The van der Waals surface area contributed by atoms with Gasteiger partial charge in [0.2, 0.25) is 0 Å². The van der Waals surface area contributed by atoms with Crippen LogP contribution in [0, 0.1) is 0 Å². The molecule has 1 aliphatic rings. The van der Waals surface area contributed by atoms with Crippen LogP contribution in [0.1, 0.15) is 5.56 Å². The first-order chi connectivity index (χ1) is 10.5. The number of nitrogens with zero attached hydrogens (tertiary/aromatic N) is 1. The molecule has 0 aliphatic carbocycles. The minimum absolute atomic E-state index is 0.138. The van der Waals surface area contributed by atoms with Crippen molar-refractivity contribution in [2.45, 2.75) is 0 Å². The molecule has 1 aliphatic heterocycles. The summed E-state index contributed by atoms with van der Waals surface area (Å²) in [6.45, 7) is 0. The van der Waals surface area contributed by atoms with Crippen LogP contribution < -0.4 is 4.90 Å². The number of aromatic hydroxyl groups is 1. The Balaban J connectivity index is 1.93. The van der Waals surface area contributed by atoms with Gasteiger partial charge in [0.05, 0.1) is 10.6 Å². The summed E-state index contributed by atoms with van der Waals surface area (Å²) >= 11 is 10.00. The molecular weight excluding hydrogens is 382 g/mol. The molecule has 110 valence electrons. The number of halogens is 1. The number of phenols is 1. The molecule has 3 nitrogen and oxygen atoms in total. The van der Waals surface area contributed by atoms with Gasteiger partial charge in [0, 0.05) is 4.47 Å². The summed E-state index contributed by atoms with van der Waals surface area (Å²) in [5, 5.41) is 9.30. The monoisotopic (exact) mass is 391 g/mol. The molecule has 0 atom stereocenters. The van der Waals surface area contributed by atoms with E-state index in [0.717, 1.165) is 15.7 Å². The Morgan fingerprint density at radius 3 is 2.59 bits per heavy atom. The van der Waals surface area contributed by atoms with Gasteiger partial charge in [0.1, 0.15) is 5.75 Å². The summed E-state index contributed by atoms with van der Waals surface area (Å²) in [7, 11) is 0. The van der Waals surface area contributed by atoms with E-state index in [2.05, 4.69) is 15.9 Å². The van der Waals surface area contributed by atoms with Crippen molar-refractivity contribution in [2.75, 3.05) is 4.90 Å². The van der Waals surface area contributed by atoms with Gasteiger partial charge in [-0.2, -0.15) is 0 Å². The first kappa shape index (κ1) is 15.3. The van der Waals surface area contributed by atoms with E-state index in [1.54, 1.807) is 30.3 Å². The fourth-order valence-corrected chi connectivity index (χ4v) is 3.71. The average molecular weight is 392 g/mol. The number of thioether (sulfide) groups is 1. The third kappa shape index (κ3) is 3.09. The predicted molar refractivity (Wildman–Crippen MR) is 97.9 cm³/mol. The van der Waals surface area contributed by atoms with Crippen molar-refractivity contribution in [2.24, 2.45) is 0 Å². The van der Waals surface area contributed by atoms with Crippen molar-refractivity contribution in [1.82, 2.24) is 0 Å². The van der Waals surface area contributed by atoms with Gasteiger partial charge in [0.15, 0.2) is 4.32 Å². The molecule has 0 radical (unpaired) electrons. The standard InChI is InChI=1S/C16H10BrNO2S2/c17-11-2-1-3-12(9-11)18-15(20)14(22-16(18)21)8-10-4-6-13(19)7-5-10/h1-9,19H/b14-8-. The first-order valence-corrected chi connectivity index (χ1v) is 8.39. The topological polar surface area (TPSA) is 40.5 Å². The summed E-state index contributed by atoms with van der Waals surface area (Å²) in [6.07, 6.45) is 1.77. The maximum absolute atomic E-state index is 12.6. The van der Waals surface area contributed by atoms with E-state index in [1.807, 2.05) is 24.3 Å². The van der Waals surface area contributed by atoms with Gasteiger partial charge in [-0.1, -0.05) is 58.1 Å². The van der Waals surface area contributed by atoms with E-state index in [4.69, 9.17) is 12.2 Å². The fourth-order valence-electron chi connectivity index (χ4n) is 2.03. The number of benzene rings is 2. The molecule has 1 amide bonds. The Labute approximate surface area is 145 Å². The largest absolute Gasteiger partial charge is 0.508 e. The Bertz CT molecular complexity index is 787. The minimum Gasteiger partial charge on any atom is -0.508 e. The number of thiocarbonyl (C=S) groups is 1. The quantitative estimate of drug-likeness (QED) is 0.601. The summed E-state index contributed by atoms with van der Waals surface area (Å²) in [6, 6.07) is 14.1. The Morgan fingerprint density at radius 1 is 1.18 bits per heavy atom. The van der Waals surface area contributed by atoms with Gasteiger partial charge in [-0.05, 0) is 42.0 Å². The fraction of sp³-hybridized carbons (Fsp3) is 0. The number of amides is 1. The summed E-state index contributed by atoms with van der Waals surface area (Å²) in [5.41, 5.74) is 1.58. The van der Waals surface area contributed by atoms with E-state index >= 15 is 0 Å². The lowest BCUT2D eigenvalue weighted by Gasteiger charge is -2.14. The van der Waals surface area contributed by atoms with Gasteiger partial charge in [-0.3, -0.25) is 9.69 Å². The molecule has 0 spiro atoms. The minimum atomic E-state index is -0.138. The first-order valence-electron chi connectivity index (χ1n) is 6.37. The molecule has 1 heterocycles. The molecule has 22 heavy (non-hydrogen) atoms. The van der Waals surface area contributed by atoms with Crippen molar-refractivity contribution in [3.63, 3.8) is 0 Å². The Hall–Kier alpha value is -1.63. The van der Waals surface area contributed by atoms with Crippen LogP contribution in [0.25, 0.3) is 6.08 Å². The van der Waals surface area contributed by atoms with E-state index in [-0.39, 0.29) is 11.7 Å². The summed E-state index contributed by atoms with van der Waals surface area (Å²) in [4.78, 5) is 14.7. The van der Waals surface area contributed by atoms with E-state index < -0.39 is 0 Å². The number of carbonyl (C=O) groups is 1. The number of carbonyl (C=O) groups excluding carboxylic acids is 1. The van der Waals surface area contributed by atoms with Crippen LogP contribution in [0.15, 0.2) is 57.9 Å². The van der Waals surface area contributed by atoms with Crippen LogP contribution in [0.3, 0.4) is 0 Å². The van der Waals surface area contributed by atoms with Crippen LogP contribution >= 0.6 is 39.9 Å². The lowest BCUT2D eigenvalue weighted by atomic mass is 10.2. The van der Waals surface area contributed by atoms with Gasteiger partial charge >= 0.3 is 0 Å². The number of anilines is 1. The molecular formula is C16H10BrNO2S2. The highest BCUT2D eigenvalue weighted by atomic mass is 79.9. The third-order valence-corrected chi connectivity index (χ3v) is 4.85. The van der Waals surface area contributed by atoms with Crippen LogP contribution in [0.2, 0.25) is 0 Å². The Kier molecular flexibility index (Phi) is 4.33. The Morgan fingerprint density at radius 2 is 1.91 bits per heavy atom. The molecule has 0 bridgehead atoms. The third-order valence-electron chi connectivity index (χ3n) is 3.05. The van der Waals surface area contributed by atoms with Crippen molar-refractivity contribution < 1.29 is 9.90 Å². The number of hydrogen-bond acceptors (Lipinski definition) is 4. The second-order valence-electron chi connectivity index (χ2n) is 4.59. The SMILES string of the molecule is O=C1/C(=C/c2ccc(O)cc2)SC(=S)N1c1cccc(Br)c1. The normalized spacial score (nSPS) is 16.6. The van der Waals surface area contributed by atoms with Crippen molar-refractivity contribution in [3.05, 3.63) is 63.5 Å². The predicted octanol–water partition coefficient (Wildman–Crippen LogP) is 4.56. The van der Waals surface area contributed by atoms with E-state index in [1.165, 1.54) is 16.7 Å². The van der Waals surface area contributed by atoms with Crippen LogP contribution in [-0.2, 0) is 4.79 Å². The molecule has 3 rings (SSSR count). The van der Waals surface area contributed by atoms with E-state index in [9.17, 15) is 9.90 Å². The van der Waals surface area contributed by atoms with Gasteiger partial charge in [-0.25, -0.2) is 0 Å². The number of phenolic OH excluding ortho intramolecular Hbond substituents is 1. The van der Waals surface area contributed by atoms with Crippen molar-refractivity contribution >= 4 is 61.9 Å². The van der Waals surface area contributed by atoms with Crippen molar-refractivity contribution in [3.8, 4) is 5.75 Å². The maximum atomic E-state index is 12.6. The lowest BCUT2D eigenvalue weighted by molar-refractivity contribution is -0.113. The van der Waals surface area contributed by atoms with Crippen LogP contribution in [0.5, 0.6) is 5.75 Å². The van der Waals surface area contributed by atoms with Gasteiger partial charge < -0.3 is 5.11 Å². The smallest absolute Gasteiger partial charge is 0.270 e. The number of rotatable bonds is 2. The molecule has 1 N–H and O–H groups in total. The zero-order chi connectivity index (χ0) is 15.7. The second kappa shape index (κ2) is 6.24.